The fourth-order valence-corrected chi connectivity index (χ4v) is 4.26. The lowest BCUT2D eigenvalue weighted by molar-refractivity contribution is 0.0164. The van der Waals surface area contributed by atoms with Gasteiger partial charge in [0.25, 0.3) is 5.91 Å². The first-order valence-corrected chi connectivity index (χ1v) is 9.91. The van der Waals surface area contributed by atoms with Crippen LogP contribution >= 0.6 is 11.3 Å². The minimum absolute atomic E-state index is 0.0136. The summed E-state index contributed by atoms with van der Waals surface area (Å²) in [6.07, 6.45) is 3.82. The molecule has 1 fully saturated rings. The van der Waals surface area contributed by atoms with Gasteiger partial charge in [-0.2, -0.15) is 0 Å². The molecule has 0 atom stereocenters. The molecule has 1 amide bonds. The first kappa shape index (κ1) is 16.9. The maximum absolute atomic E-state index is 12.8. The Morgan fingerprint density at radius 1 is 1.07 bits per heavy atom. The number of carbonyl (C=O) groups is 1. The molecule has 0 radical (unpaired) electrons. The van der Waals surface area contributed by atoms with E-state index in [2.05, 4.69) is 9.97 Å². The molecule has 5 rings (SSSR count). The number of pyridine rings is 1. The van der Waals surface area contributed by atoms with E-state index in [1.54, 1.807) is 4.90 Å². The largest absolute Gasteiger partial charge is 0.471 e. The van der Waals surface area contributed by atoms with Crippen molar-refractivity contribution in [1.29, 1.82) is 0 Å². The third-order valence-corrected chi connectivity index (χ3v) is 5.96. The molecule has 0 aliphatic carbocycles. The van der Waals surface area contributed by atoms with Gasteiger partial charge in [-0.15, -0.1) is 0 Å². The molecule has 3 aromatic heterocycles. The van der Waals surface area contributed by atoms with E-state index >= 15 is 0 Å². The van der Waals surface area contributed by atoms with Crippen molar-refractivity contribution in [3.8, 4) is 11.0 Å². The number of para-hydroxylation sites is 1. The Morgan fingerprint density at radius 2 is 1.86 bits per heavy atom. The zero-order chi connectivity index (χ0) is 19.1. The van der Waals surface area contributed by atoms with Crippen LogP contribution in [0.15, 0.2) is 60.9 Å². The van der Waals surface area contributed by atoms with Crippen LogP contribution in [0, 0.1) is 6.92 Å². The van der Waals surface area contributed by atoms with Gasteiger partial charge in [-0.25, -0.2) is 9.97 Å². The molecule has 1 aliphatic heterocycles. The first-order valence-electron chi connectivity index (χ1n) is 9.10. The van der Waals surface area contributed by atoms with Crippen molar-refractivity contribution in [2.75, 3.05) is 13.1 Å². The number of nitrogens with zero attached hydrogens (tertiary/aromatic N) is 4. The Balaban J connectivity index is 1.24. The number of hydrogen-bond acceptors (Lipinski definition) is 5. The monoisotopic (exact) mass is 390 g/mol. The summed E-state index contributed by atoms with van der Waals surface area (Å²) < 4.78 is 7.87. The zero-order valence-corrected chi connectivity index (χ0v) is 16.1. The highest BCUT2D eigenvalue weighted by Crippen LogP contribution is 2.26. The summed E-state index contributed by atoms with van der Waals surface area (Å²) in [5.41, 5.74) is 1.67. The van der Waals surface area contributed by atoms with Gasteiger partial charge in [0, 0.05) is 23.8 Å². The average Bonchev–Trinajstić information content (AvgIpc) is 3.33. The predicted molar refractivity (Wildman–Crippen MR) is 108 cm³/mol. The minimum atomic E-state index is -0.0326. The molecule has 140 valence electrons. The Hall–Kier alpha value is -3.19. The van der Waals surface area contributed by atoms with E-state index in [0.29, 0.717) is 23.8 Å². The fourth-order valence-electron chi connectivity index (χ4n) is 3.26. The van der Waals surface area contributed by atoms with Gasteiger partial charge in [0.1, 0.15) is 11.0 Å². The molecule has 0 spiro atoms. The second-order valence-corrected chi connectivity index (χ2v) is 7.77. The third kappa shape index (κ3) is 3.03. The summed E-state index contributed by atoms with van der Waals surface area (Å²) in [6, 6.07) is 15.7. The number of amides is 1. The van der Waals surface area contributed by atoms with Crippen molar-refractivity contribution in [2.45, 2.75) is 13.0 Å². The average molecular weight is 390 g/mol. The quantitative estimate of drug-likeness (QED) is 0.533. The number of aromatic nitrogens is 3. The highest BCUT2D eigenvalue weighted by Gasteiger charge is 2.34. The number of likely N-dealkylation sites (tertiary alicyclic amines) is 1. The second kappa shape index (κ2) is 6.76. The van der Waals surface area contributed by atoms with Crippen molar-refractivity contribution in [1.82, 2.24) is 19.4 Å². The Bertz CT molecular complexity index is 1150. The van der Waals surface area contributed by atoms with Crippen LogP contribution in [0.25, 0.3) is 16.0 Å². The number of carbonyl (C=O) groups excluding carboxylic acids is 1. The smallest absolute Gasteiger partial charge is 0.266 e. The summed E-state index contributed by atoms with van der Waals surface area (Å²) in [7, 11) is 0. The van der Waals surface area contributed by atoms with E-state index in [1.165, 1.54) is 11.3 Å². The molecule has 7 heteroatoms. The lowest BCUT2D eigenvalue weighted by atomic mass is 10.1. The van der Waals surface area contributed by atoms with Crippen LogP contribution in [0.4, 0.5) is 0 Å². The van der Waals surface area contributed by atoms with E-state index in [9.17, 15) is 4.79 Å². The number of benzene rings is 1. The van der Waals surface area contributed by atoms with Crippen molar-refractivity contribution in [2.24, 2.45) is 0 Å². The molecule has 1 aliphatic rings. The zero-order valence-electron chi connectivity index (χ0n) is 15.3. The molecular weight excluding hydrogens is 372 g/mol. The summed E-state index contributed by atoms with van der Waals surface area (Å²) in [5, 5.41) is 1.89. The molecule has 4 aromatic rings. The number of rotatable bonds is 4. The van der Waals surface area contributed by atoms with E-state index in [-0.39, 0.29) is 12.0 Å². The Labute approximate surface area is 166 Å². The van der Waals surface area contributed by atoms with Crippen LogP contribution in [0.2, 0.25) is 0 Å². The van der Waals surface area contributed by atoms with E-state index in [4.69, 9.17) is 4.74 Å². The van der Waals surface area contributed by atoms with E-state index < -0.39 is 0 Å². The van der Waals surface area contributed by atoms with Gasteiger partial charge in [-0.05, 0) is 31.2 Å². The maximum atomic E-state index is 12.8. The standard InChI is InChI=1S/C21H18N4O2S/c1-14-19(28-21(22-14)24-10-4-5-11-24)20(26)25-12-16(13-25)27-18-9-8-15-6-2-3-7-17(15)23-18/h2-11,16H,12-13H2,1H3. The minimum Gasteiger partial charge on any atom is -0.471 e. The van der Waals surface area contributed by atoms with Gasteiger partial charge in [0.15, 0.2) is 5.13 Å². The molecular formula is C21H18N4O2S. The maximum Gasteiger partial charge on any atom is 0.266 e. The second-order valence-electron chi connectivity index (χ2n) is 6.79. The Kier molecular flexibility index (Phi) is 4.09. The topological polar surface area (TPSA) is 60.2 Å². The summed E-state index contributed by atoms with van der Waals surface area (Å²) >= 11 is 1.42. The molecule has 6 nitrogen and oxygen atoms in total. The lowest BCUT2D eigenvalue weighted by Crippen LogP contribution is -2.56. The van der Waals surface area contributed by atoms with Crippen LogP contribution in [0.3, 0.4) is 0 Å². The number of thiazole rings is 1. The van der Waals surface area contributed by atoms with Crippen LogP contribution in [0.1, 0.15) is 15.4 Å². The van der Waals surface area contributed by atoms with Crippen molar-refractivity contribution in [3.05, 3.63) is 71.5 Å². The molecule has 0 N–H and O–H groups in total. The lowest BCUT2D eigenvalue weighted by Gasteiger charge is -2.38. The van der Waals surface area contributed by atoms with Gasteiger partial charge < -0.3 is 14.2 Å². The van der Waals surface area contributed by atoms with Gasteiger partial charge in [0.05, 0.1) is 24.3 Å². The summed E-state index contributed by atoms with van der Waals surface area (Å²) in [6.45, 7) is 3.00. The van der Waals surface area contributed by atoms with Crippen LogP contribution < -0.4 is 4.74 Å². The van der Waals surface area contributed by atoms with Crippen molar-refractivity contribution >= 4 is 28.1 Å². The van der Waals surface area contributed by atoms with Gasteiger partial charge in [0.2, 0.25) is 5.88 Å². The Morgan fingerprint density at radius 3 is 2.68 bits per heavy atom. The summed E-state index contributed by atoms with van der Waals surface area (Å²) in [4.78, 5) is 24.4. The highest BCUT2D eigenvalue weighted by molar-refractivity contribution is 7.16. The number of ether oxygens (including phenoxy) is 1. The van der Waals surface area contributed by atoms with E-state index in [1.807, 2.05) is 72.4 Å². The number of hydrogen-bond donors (Lipinski definition) is 0. The van der Waals surface area contributed by atoms with Crippen molar-refractivity contribution in [3.63, 3.8) is 0 Å². The molecule has 0 bridgehead atoms. The third-order valence-electron chi connectivity index (χ3n) is 4.80. The molecule has 1 aromatic carbocycles. The van der Waals surface area contributed by atoms with Crippen molar-refractivity contribution < 1.29 is 9.53 Å². The van der Waals surface area contributed by atoms with Crippen LogP contribution in [-0.2, 0) is 0 Å². The summed E-state index contributed by atoms with van der Waals surface area (Å²) in [5.74, 6) is 0.611. The number of fused-ring (bicyclic) bond motifs is 1. The van der Waals surface area contributed by atoms with Crippen LogP contribution in [-0.4, -0.2) is 44.5 Å². The first-order chi connectivity index (χ1) is 13.7. The normalized spacial score (nSPS) is 14.2. The van der Waals surface area contributed by atoms with Crippen LogP contribution in [0.5, 0.6) is 5.88 Å². The van der Waals surface area contributed by atoms with Gasteiger partial charge in [-0.1, -0.05) is 29.5 Å². The highest BCUT2D eigenvalue weighted by atomic mass is 32.1. The van der Waals surface area contributed by atoms with Gasteiger partial charge in [-0.3, -0.25) is 4.79 Å². The molecule has 0 saturated carbocycles. The molecule has 0 unspecified atom stereocenters. The van der Waals surface area contributed by atoms with E-state index in [0.717, 1.165) is 21.7 Å². The predicted octanol–water partition coefficient (Wildman–Crippen LogP) is 3.69. The fraction of sp³-hybridized carbons (Fsp3) is 0.190. The molecule has 1 saturated heterocycles. The number of aryl methyl sites for hydroxylation is 1. The molecule has 4 heterocycles. The SMILES string of the molecule is Cc1nc(-n2cccc2)sc1C(=O)N1CC(Oc2ccc3ccccc3n2)C1. The van der Waals surface area contributed by atoms with Gasteiger partial charge >= 0.3 is 0 Å². The molecule has 28 heavy (non-hydrogen) atoms.